The van der Waals surface area contributed by atoms with Crippen LogP contribution in [-0.4, -0.2) is 50.2 Å². The molecule has 0 unspecified atom stereocenters. The second-order valence-corrected chi connectivity index (χ2v) is 5.57. The fourth-order valence-corrected chi connectivity index (χ4v) is 2.80. The number of hydrogen-bond acceptors (Lipinski definition) is 4. The molecule has 1 atom stereocenters. The maximum Gasteiger partial charge on any atom is 0.325 e. The first-order valence-electron chi connectivity index (χ1n) is 7.06. The van der Waals surface area contributed by atoms with Crippen molar-refractivity contribution < 1.29 is 14.3 Å². The zero-order valence-corrected chi connectivity index (χ0v) is 12.3. The van der Waals surface area contributed by atoms with Crippen LogP contribution in [-0.2, 0) is 15.1 Å². The molecule has 0 saturated carbocycles. The van der Waals surface area contributed by atoms with Crippen molar-refractivity contribution in [3.63, 3.8) is 0 Å². The second kappa shape index (κ2) is 5.04. The van der Waals surface area contributed by atoms with Gasteiger partial charge in [-0.05, 0) is 24.6 Å². The van der Waals surface area contributed by atoms with E-state index in [0.717, 1.165) is 42.5 Å². The molecular weight excluding hydrogens is 270 g/mol. The number of rotatable bonds is 2. The summed E-state index contributed by atoms with van der Waals surface area (Å²) in [6, 6.07) is 7.43. The van der Waals surface area contributed by atoms with Gasteiger partial charge in [0.25, 0.3) is 5.91 Å². The molecule has 21 heavy (non-hydrogen) atoms. The third-order valence-electron chi connectivity index (χ3n) is 4.21. The molecule has 2 fully saturated rings. The van der Waals surface area contributed by atoms with Crippen LogP contribution in [0.5, 0.6) is 0 Å². The van der Waals surface area contributed by atoms with Crippen LogP contribution in [0.3, 0.4) is 0 Å². The van der Waals surface area contributed by atoms with Gasteiger partial charge in [0.15, 0.2) is 0 Å². The first-order chi connectivity index (χ1) is 10.0. The van der Waals surface area contributed by atoms with E-state index in [1.807, 2.05) is 24.3 Å². The number of urea groups is 1. The fourth-order valence-electron chi connectivity index (χ4n) is 2.80. The zero-order valence-electron chi connectivity index (χ0n) is 12.3. The summed E-state index contributed by atoms with van der Waals surface area (Å²) in [4.78, 5) is 27.3. The topological polar surface area (TPSA) is 61.9 Å². The molecule has 0 bridgehead atoms. The summed E-state index contributed by atoms with van der Waals surface area (Å²) in [5, 5.41) is 2.75. The van der Waals surface area contributed by atoms with Crippen molar-refractivity contribution in [2.45, 2.75) is 12.5 Å². The van der Waals surface area contributed by atoms with E-state index in [9.17, 15) is 9.59 Å². The molecule has 2 aliphatic heterocycles. The number of benzene rings is 1. The Hall–Kier alpha value is -2.08. The number of ether oxygens (including phenoxy) is 1. The lowest BCUT2D eigenvalue weighted by atomic mass is 9.92. The monoisotopic (exact) mass is 289 g/mol. The van der Waals surface area contributed by atoms with Crippen LogP contribution >= 0.6 is 0 Å². The Morgan fingerprint density at radius 3 is 2.29 bits per heavy atom. The molecule has 0 spiro atoms. The van der Waals surface area contributed by atoms with Gasteiger partial charge in [-0.3, -0.25) is 9.69 Å². The third kappa shape index (κ3) is 2.25. The number of amides is 3. The smallest absolute Gasteiger partial charge is 0.325 e. The molecule has 3 rings (SSSR count). The standard InChI is InChI=1S/C15H19N3O3/c1-15(13(19)17(2)14(20)16-15)11-3-5-12(6-4-11)18-7-9-21-10-8-18/h3-6H,7-10H2,1-2H3,(H,16,20)/t15-/m1/s1. The van der Waals surface area contributed by atoms with Crippen LogP contribution in [0.1, 0.15) is 12.5 Å². The minimum Gasteiger partial charge on any atom is -0.378 e. The van der Waals surface area contributed by atoms with Gasteiger partial charge in [0.05, 0.1) is 13.2 Å². The highest BCUT2D eigenvalue weighted by atomic mass is 16.5. The van der Waals surface area contributed by atoms with E-state index in [1.54, 1.807) is 6.92 Å². The first-order valence-corrected chi connectivity index (χ1v) is 7.06. The van der Waals surface area contributed by atoms with Gasteiger partial charge in [-0.2, -0.15) is 0 Å². The summed E-state index contributed by atoms with van der Waals surface area (Å²) < 4.78 is 5.34. The van der Waals surface area contributed by atoms with Crippen LogP contribution in [0.25, 0.3) is 0 Å². The Morgan fingerprint density at radius 1 is 1.14 bits per heavy atom. The zero-order chi connectivity index (χ0) is 15.0. The van der Waals surface area contributed by atoms with Crippen molar-refractivity contribution in [1.82, 2.24) is 10.2 Å². The van der Waals surface area contributed by atoms with E-state index in [0.29, 0.717) is 0 Å². The van der Waals surface area contributed by atoms with Gasteiger partial charge in [-0.1, -0.05) is 12.1 Å². The summed E-state index contributed by atoms with van der Waals surface area (Å²) in [7, 11) is 1.49. The first kappa shape index (κ1) is 13.9. The molecule has 1 aromatic rings. The van der Waals surface area contributed by atoms with Gasteiger partial charge in [0.2, 0.25) is 0 Å². The van der Waals surface area contributed by atoms with Gasteiger partial charge in [0.1, 0.15) is 5.54 Å². The van der Waals surface area contributed by atoms with Gasteiger partial charge in [0, 0.05) is 25.8 Å². The quantitative estimate of drug-likeness (QED) is 0.822. The van der Waals surface area contributed by atoms with Gasteiger partial charge < -0.3 is 15.0 Å². The third-order valence-corrected chi connectivity index (χ3v) is 4.21. The van der Waals surface area contributed by atoms with Crippen molar-refractivity contribution in [1.29, 1.82) is 0 Å². The Bertz CT molecular complexity index is 566. The second-order valence-electron chi connectivity index (χ2n) is 5.57. The minimum absolute atomic E-state index is 0.230. The summed E-state index contributed by atoms with van der Waals surface area (Å²) >= 11 is 0. The van der Waals surface area contributed by atoms with Crippen LogP contribution in [0.4, 0.5) is 10.5 Å². The molecule has 2 saturated heterocycles. The van der Waals surface area contributed by atoms with Gasteiger partial charge in [-0.25, -0.2) is 4.79 Å². The minimum atomic E-state index is -0.977. The molecule has 6 heteroatoms. The van der Waals surface area contributed by atoms with Crippen molar-refractivity contribution in [2.75, 3.05) is 38.3 Å². The number of imide groups is 1. The highest BCUT2D eigenvalue weighted by Gasteiger charge is 2.47. The number of carbonyl (C=O) groups excluding carboxylic acids is 2. The number of hydrogen-bond donors (Lipinski definition) is 1. The lowest BCUT2D eigenvalue weighted by molar-refractivity contribution is -0.130. The molecule has 112 valence electrons. The molecule has 0 aromatic heterocycles. The SMILES string of the molecule is CN1C(=O)N[C@](C)(c2ccc(N3CCOCC3)cc2)C1=O. The number of carbonyl (C=O) groups is 2. The number of likely N-dealkylation sites (N-methyl/N-ethyl adjacent to an activating group) is 1. The summed E-state index contributed by atoms with van der Waals surface area (Å²) in [6.45, 7) is 4.95. The molecule has 0 aliphatic carbocycles. The molecular formula is C15H19N3O3. The number of anilines is 1. The average Bonchev–Trinajstić information content (AvgIpc) is 2.73. The number of nitrogens with zero attached hydrogens (tertiary/aromatic N) is 2. The van der Waals surface area contributed by atoms with Crippen LogP contribution in [0, 0.1) is 0 Å². The number of nitrogens with one attached hydrogen (secondary N) is 1. The normalized spacial score (nSPS) is 26.2. The molecule has 6 nitrogen and oxygen atoms in total. The van der Waals surface area contributed by atoms with Gasteiger partial charge >= 0.3 is 6.03 Å². The molecule has 0 radical (unpaired) electrons. The molecule has 2 heterocycles. The van der Waals surface area contributed by atoms with Crippen LogP contribution in [0.2, 0.25) is 0 Å². The van der Waals surface area contributed by atoms with Crippen molar-refractivity contribution in [3.05, 3.63) is 29.8 Å². The highest BCUT2D eigenvalue weighted by Crippen LogP contribution is 2.29. The Labute approximate surface area is 123 Å². The summed E-state index contributed by atoms with van der Waals surface area (Å²) in [6.07, 6.45) is 0. The summed E-state index contributed by atoms with van der Waals surface area (Å²) in [5.41, 5.74) is 0.924. The van der Waals surface area contributed by atoms with Crippen molar-refractivity contribution in [2.24, 2.45) is 0 Å². The predicted octanol–water partition coefficient (Wildman–Crippen LogP) is 0.920. The maximum absolute atomic E-state index is 12.2. The van der Waals surface area contributed by atoms with E-state index in [2.05, 4.69) is 10.2 Å². The largest absolute Gasteiger partial charge is 0.378 e. The Balaban J connectivity index is 1.84. The van der Waals surface area contributed by atoms with E-state index in [4.69, 9.17) is 4.74 Å². The average molecular weight is 289 g/mol. The van der Waals surface area contributed by atoms with Crippen molar-refractivity contribution in [3.8, 4) is 0 Å². The molecule has 2 aliphatic rings. The van der Waals surface area contributed by atoms with E-state index < -0.39 is 5.54 Å². The lowest BCUT2D eigenvalue weighted by Crippen LogP contribution is -2.40. The van der Waals surface area contributed by atoms with Crippen LogP contribution in [0.15, 0.2) is 24.3 Å². The van der Waals surface area contributed by atoms with Crippen molar-refractivity contribution >= 4 is 17.6 Å². The fraction of sp³-hybridized carbons (Fsp3) is 0.467. The Morgan fingerprint density at radius 2 is 1.76 bits per heavy atom. The maximum atomic E-state index is 12.2. The van der Waals surface area contributed by atoms with E-state index >= 15 is 0 Å². The Kier molecular flexibility index (Phi) is 3.33. The lowest BCUT2D eigenvalue weighted by Gasteiger charge is -2.29. The van der Waals surface area contributed by atoms with E-state index in [1.165, 1.54) is 7.05 Å². The highest BCUT2D eigenvalue weighted by molar-refractivity contribution is 6.06. The molecule has 1 N–H and O–H groups in total. The summed E-state index contributed by atoms with van der Waals surface area (Å²) in [5.74, 6) is -0.230. The molecule has 3 amide bonds. The molecule has 1 aromatic carbocycles. The predicted molar refractivity (Wildman–Crippen MR) is 78.1 cm³/mol. The number of morpholine rings is 1. The van der Waals surface area contributed by atoms with Gasteiger partial charge in [-0.15, -0.1) is 0 Å². The van der Waals surface area contributed by atoms with E-state index in [-0.39, 0.29) is 11.9 Å². The van der Waals surface area contributed by atoms with Crippen LogP contribution < -0.4 is 10.2 Å².